The van der Waals surface area contributed by atoms with Gasteiger partial charge < -0.3 is 4.90 Å². The molecular weight excluding hydrogens is 282 g/mol. The van der Waals surface area contributed by atoms with Crippen LogP contribution in [0.4, 0.5) is 5.69 Å². The fourth-order valence-electron chi connectivity index (χ4n) is 3.54. The van der Waals surface area contributed by atoms with E-state index in [4.69, 9.17) is 0 Å². The van der Waals surface area contributed by atoms with Gasteiger partial charge in [0.25, 0.3) is 11.6 Å². The van der Waals surface area contributed by atoms with E-state index in [0.717, 1.165) is 13.1 Å². The van der Waals surface area contributed by atoms with Crippen LogP contribution in [0.5, 0.6) is 0 Å². The minimum Gasteiger partial charge on any atom is -0.336 e. The van der Waals surface area contributed by atoms with Gasteiger partial charge in [0.2, 0.25) is 0 Å². The Morgan fingerprint density at radius 3 is 2.36 bits per heavy atom. The van der Waals surface area contributed by atoms with Crippen LogP contribution >= 0.6 is 0 Å². The summed E-state index contributed by atoms with van der Waals surface area (Å²) >= 11 is 0. The topological polar surface area (TPSA) is 66.7 Å². The second-order valence-corrected chi connectivity index (χ2v) is 6.04. The molecule has 2 fully saturated rings. The molecule has 1 heterocycles. The zero-order valence-corrected chi connectivity index (χ0v) is 12.6. The number of para-hydroxylation sites is 1. The highest BCUT2D eigenvalue weighted by atomic mass is 16.6. The van der Waals surface area contributed by atoms with Gasteiger partial charge in [-0.2, -0.15) is 0 Å². The Morgan fingerprint density at radius 2 is 1.73 bits per heavy atom. The summed E-state index contributed by atoms with van der Waals surface area (Å²) in [6.07, 6.45) is 5.14. The number of hydrogen-bond donors (Lipinski definition) is 0. The van der Waals surface area contributed by atoms with Crippen LogP contribution in [0.15, 0.2) is 24.3 Å². The minimum atomic E-state index is -0.484. The maximum atomic E-state index is 12.6. The highest BCUT2D eigenvalue weighted by molar-refractivity contribution is 5.98. The lowest BCUT2D eigenvalue weighted by atomic mass is 10.1. The molecule has 0 atom stereocenters. The maximum absolute atomic E-state index is 12.6. The highest BCUT2D eigenvalue weighted by Gasteiger charge is 2.30. The summed E-state index contributed by atoms with van der Waals surface area (Å²) in [5.74, 6) is -0.224. The molecule has 2 aliphatic rings. The largest absolute Gasteiger partial charge is 0.336 e. The van der Waals surface area contributed by atoms with Gasteiger partial charge in [-0.25, -0.2) is 0 Å². The quantitative estimate of drug-likeness (QED) is 0.635. The number of rotatable bonds is 3. The van der Waals surface area contributed by atoms with E-state index < -0.39 is 4.92 Å². The zero-order valence-electron chi connectivity index (χ0n) is 12.6. The molecule has 0 spiro atoms. The van der Waals surface area contributed by atoms with Gasteiger partial charge in [-0.1, -0.05) is 25.0 Å². The van der Waals surface area contributed by atoms with Crippen molar-refractivity contribution in [3.63, 3.8) is 0 Å². The van der Waals surface area contributed by atoms with Crippen molar-refractivity contribution < 1.29 is 9.72 Å². The summed E-state index contributed by atoms with van der Waals surface area (Å²) in [6.45, 7) is 3.05. The molecule has 1 aromatic carbocycles. The molecule has 0 radical (unpaired) electrons. The van der Waals surface area contributed by atoms with E-state index in [1.54, 1.807) is 23.1 Å². The molecule has 1 aromatic rings. The first kappa shape index (κ1) is 15.0. The van der Waals surface area contributed by atoms with Crippen molar-refractivity contribution in [2.75, 3.05) is 26.2 Å². The van der Waals surface area contributed by atoms with Crippen LogP contribution in [0.1, 0.15) is 36.0 Å². The van der Waals surface area contributed by atoms with E-state index >= 15 is 0 Å². The van der Waals surface area contributed by atoms with Crippen molar-refractivity contribution >= 4 is 11.6 Å². The molecule has 1 saturated carbocycles. The van der Waals surface area contributed by atoms with Gasteiger partial charge >= 0.3 is 0 Å². The summed E-state index contributed by atoms with van der Waals surface area (Å²) in [6, 6.07) is 6.87. The van der Waals surface area contributed by atoms with Crippen LogP contribution in [0, 0.1) is 10.1 Å². The lowest BCUT2D eigenvalue weighted by Gasteiger charge is -2.38. The van der Waals surface area contributed by atoms with Gasteiger partial charge in [0.1, 0.15) is 5.56 Å². The van der Waals surface area contributed by atoms with Gasteiger partial charge in [0.05, 0.1) is 4.92 Å². The Balaban J connectivity index is 1.66. The SMILES string of the molecule is O=C(c1ccccc1[N+](=O)[O-])N1CCN(C2CCCC2)CC1. The Morgan fingerprint density at radius 1 is 1.09 bits per heavy atom. The molecule has 0 bridgehead atoms. The average Bonchev–Trinajstić information content (AvgIpc) is 3.09. The lowest BCUT2D eigenvalue weighted by molar-refractivity contribution is -0.385. The predicted octanol–water partition coefficient (Wildman–Crippen LogP) is 2.30. The van der Waals surface area contributed by atoms with E-state index in [9.17, 15) is 14.9 Å². The molecule has 1 saturated heterocycles. The van der Waals surface area contributed by atoms with Crippen molar-refractivity contribution in [3.8, 4) is 0 Å². The summed E-state index contributed by atoms with van der Waals surface area (Å²) in [4.78, 5) is 27.3. The third-order valence-corrected chi connectivity index (χ3v) is 4.77. The first-order valence-corrected chi connectivity index (χ1v) is 7.93. The molecule has 6 nitrogen and oxygen atoms in total. The molecular formula is C16H21N3O3. The zero-order chi connectivity index (χ0) is 15.5. The van der Waals surface area contributed by atoms with Gasteiger partial charge in [-0.15, -0.1) is 0 Å². The number of hydrogen-bond acceptors (Lipinski definition) is 4. The van der Waals surface area contributed by atoms with Gasteiger partial charge in [0, 0.05) is 38.3 Å². The van der Waals surface area contributed by atoms with E-state index in [2.05, 4.69) is 4.90 Å². The van der Waals surface area contributed by atoms with Crippen LogP contribution in [0.25, 0.3) is 0 Å². The van der Waals surface area contributed by atoms with Gasteiger partial charge in [-0.05, 0) is 18.9 Å². The van der Waals surface area contributed by atoms with Crippen LogP contribution in [0.3, 0.4) is 0 Å². The molecule has 1 amide bonds. The van der Waals surface area contributed by atoms with Crippen LogP contribution < -0.4 is 0 Å². The second-order valence-electron chi connectivity index (χ2n) is 6.04. The van der Waals surface area contributed by atoms with Crippen molar-refractivity contribution in [2.45, 2.75) is 31.7 Å². The number of nitrogens with zero attached hydrogens (tertiary/aromatic N) is 3. The number of benzene rings is 1. The molecule has 0 aromatic heterocycles. The Bertz CT molecular complexity index is 562. The predicted molar refractivity (Wildman–Crippen MR) is 82.8 cm³/mol. The number of amides is 1. The first-order valence-electron chi connectivity index (χ1n) is 7.93. The standard InChI is InChI=1S/C16H21N3O3/c20-16(14-7-3-4-8-15(14)19(21)22)18-11-9-17(10-12-18)13-5-1-2-6-13/h3-4,7-8,13H,1-2,5-6,9-12H2. The molecule has 1 aliphatic heterocycles. The molecule has 22 heavy (non-hydrogen) atoms. The molecule has 6 heteroatoms. The Labute approximate surface area is 129 Å². The first-order chi connectivity index (χ1) is 10.7. The Hall–Kier alpha value is -1.95. The number of nitro groups is 1. The second kappa shape index (κ2) is 6.44. The average molecular weight is 303 g/mol. The summed E-state index contributed by atoms with van der Waals surface area (Å²) < 4.78 is 0. The molecule has 3 rings (SSSR count). The maximum Gasteiger partial charge on any atom is 0.282 e. The van der Waals surface area contributed by atoms with E-state index in [1.165, 1.54) is 31.7 Å². The van der Waals surface area contributed by atoms with Crippen molar-refractivity contribution in [3.05, 3.63) is 39.9 Å². The van der Waals surface area contributed by atoms with Crippen molar-refractivity contribution in [2.24, 2.45) is 0 Å². The lowest BCUT2D eigenvalue weighted by Crippen LogP contribution is -2.51. The Kier molecular flexibility index (Phi) is 4.38. The highest BCUT2D eigenvalue weighted by Crippen LogP contribution is 2.25. The number of nitro benzene ring substituents is 1. The third kappa shape index (κ3) is 2.97. The van der Waals surface area contributed by atoms with E-state index in [1.807, 2.05) is 0 Å². The number of carbonyl (C=O) groups excluding carboxylic acids is 1. The van der Waals surface area contributed by atoms with Crippen LogP contribution in [-0.4, -0.2) is 52.9 Å². The molecule has 118 valence electrons. The molecule has 0 N–H and O–H groups in total. The third-order valence-electron chi connectivity index (χ3n) is 4.77. The fraction of sp³-hybridized carbons (Fsp3) is 0.562. The smallest absolute Gasteiger partial charge is 0.282 e. The summed E-state index contributed by atoms with van der Waals surface area (Å²) in [5, 5.41) is 11.1. The monoisotopic (exact) mass is 303 g/mol. The van der Waals surface area contributed by atoms with Crippen molar-refractivity contribution in [1.29, 1.82) is 0 Å². The van der Waals surface area contributed by atoms with Crippen LogP contribution in [-0.2, 0) is 0 Å². The minimum absolute atomic E-state index is 0.106. The van der Waals surface area contributed by atoms with E-state index in [0.29, 0.717) is 19.1 Å². The van der Waals surface area contributed by atoms with Gasteiger partial charge in [-0.3, -0.25) is 19.8 Å². The summed E-state index contributed by atoms with van der Waals surface area (Å²) in [7, 11) is 0. The van der Waals surface area contributed by atoms with Crippen LogP contribution in [0.2, 0.25) is 0 Å². The number of piperazine rings is 1. The molecule has 1 aliphatic carbocycles. The summed E-state index contributed by atoms with van der Waals surface area (Å²) in [5.41, 5.74) is 0.0903. The fourth-order valence-corrected chi connectivity index (χ4v) is 3.54. The number of carbonyl (C=O) groups is 1. The normalized spacial score (nSPS) is 20.3. The molecule has 0 unspecified atom stereocenters. The van der Waals surface area contributed by atoms with E-state index in [-0.39, 0.29) is 17.2 Å². The van der Waals surface area contributed by atoms with Crippen molar-refractivity contribution in [1.82, 2.24) is 9.80 Å². The van der Waals surface area contributed by atoms with Gasteiger partial charge in [0.15, 0.2) is 0 Å².